The van der Waals surface area contributed by atoms with Crippen molar-refractivity contribution >= 4 is 5.70 Å². The maximum atomic E-state index is 6.44. The van der Waals surface area contributed by atoms with Crippen LogP contribution in [0.2, 0.25) is 0 Å². The number of nitrogens with two attached hydrogens (primary N) is 1. The Labute approximate surface area is 143 Å². The molecule has 0 fully saturated rings. The van der Waals surface area contributed by atoms with Crippen molar-refractivity contribution in [2.75, 3.05) is 7.05 Å². The van der Waals surface area contributed by atoms with Crippen LogP contribution < -0.4 is 11.1 Å². The van der Waals surface area contributed by atoms with Crippen LogP contribution in [0.4, 0.5) is 0 Å². The number of hydrogen-bond acceptors (Lipinski definition) is 2. The van der Waals surface area contributed by atoms with Crippen molar-refractivity contribution in [1.82, 2.24) is 5.32 Å². The van der Waals surface area contributed by atoms with E-state index in [0.717, 1.165) is 16.8 Å². The summed E-state index contributed by atoms with van der Waals surface area (Å²) in [6.45, 7) is 0. The van der Waals surface area contributed by atoms with Crippen molar-refractivity contribution in [2.45, 2.75) is 6.04 Å². The van der Waals surface area contributed by atoms with Gasteiger partial charge in [-0.25, -0.2) is 0 Å². The Morgan fingerprint density at radius 1 is 0.833 bits per heavy atom. The fourth-order valence-corrected chi connectivity index (χ4v) is 2.77. The van der Waals surface area contributed by atoms with Gasteiger partial charge in [-0.15, -0.1) is 0 Å². The molecule has 0 spiro atoms. The Balaban J connectivity index is 1.90. The first-order valence-electron chi connectivity index (χ1n) is 8.14. The first kappa shape index (κ1) is 16.0. The molecule has 0 heterocycles. The fourth-order valence-electron chi connectivity index (χ4n) is 2.77. The van der Waals surface area contributed by atoms with Crippen molar-refractivity contribution in [1.29, 1.82) is 0 Å². The molecule has 0 amide bonds. The Morgan fingerprint density at radius 2 is 1.46 bits per heavy atom. The Hall–Kier alpha value is -2.84. The minimum absolute atomic E-state index is 0.170. The number of hydrogen-bond donors (Lipinski definition) is 2. The average molecular weight is 314 g/mol. The second-order valence-corrected chi connectivity index (χ2v) is 5.71. The van der Waals surface area contributed by atoms with Crippen molar-refractivity contribution in [3.8, 4) is 11.1 Å². The van der Waals surface area contributed by atoms with Crippen LogP contribution in [0.3, 0.4) is 0 Å². The predicted molar refractivity (Wildman–Crippen MR) is 102 cm³/mol. The monoisotopic (exact) mass is 314 g/mol. The van der Waals surface area contributed by atoms with Crippen molar-refractivity contribution < 1.29 is 0 Å². The predicted octanol–water partition coefficient (Wildman–Crippen LogP) is 4.61. The van der Waals surface area contributed by atoms with Crippen LogP contribution in [0.25, 0.3) is 16.8 Å². The highest BCUT2D eigenvalue weighted by Crippen LogP contribution is 2.24. The molecule has 3 aromatic carbocycles. The summed E-state index contributed by atoms with van der Waals surface area (Å²) in [7, 11) is 1.92. The molecule has 3 N–H and O–H groups in total. The van der Waals surface area contributed by atoms with Crippen LogP contribution in [0.5, 0.6) is 0 Å². The standard InChI is InChI=1S/C22H22N2/c1-24-22(18-11-6-3-7-12-18)16-21(23)20-14-8-13-19(15-20)17-9-4-2-5-10-17/h2-16,21,24H,23H2,1H3/b22-16-. The van der Waals surface area contributed by atoms with E-state index in [1.54, 1.807) is 0 Å². The van der Waals surface area contributed by atoms with Gasteiger partial charge in [0.25, 0.3) is 0 Å². The van der Waals surface area contributed by atoms with Crippen LogP contribution >= 0.6 is 0 Å². The minimum atomic E-state index is -0.170. The van der Waals surface area contributed by atoms with E-state index < -0.39 is 0 Å². The summed E-state index contributed by atoms with van der Waals surface area (Å²) >= 11 is 0. The van der Waals surface area contributed by atoms with Gasteiger partial charge >= 0.3 is 0 Å². The summed E-state index contributed by atoms with van der Waals surface area (Å²) in [6, 6.07) is 28.8. The highest BCUT2D eigenvalue weighted by Gasteiger charge is 2.07. The van der Waals surface area contributed by atoms with Crippen molar-refractivity contribution in [2.24, 2.45) is 5.73 Å². The maximum absolute atomic E-state index is 6.44. The first-order chi connectivity index (χ1) is 11.8. The van der Waals surface area contributed by atoms with E-state index in [4.69, 9.17) is 5.73 Å². The summed E-state index contributed by atoms with van der Waals surface area (Å²) in [5.74, 6) is 0. The van der Waals surface area contributed by atoms with Gasteiger partial charge in [0.2, 0.25) is 0 Å². The third kappa shape index (κ3) is 3.73. The molecule has 0 aliphatic carbocycles. The quantitative estimate of drug-likeness (QED) is 0.721. The summed E-state index contributed by atoms with van der Waals surface area (Å²) in [5.41, 5.74) is 12.1. The third-order valence-corrected chi connectivity index (χ3v) is 4.08. The van der Waals surface area contributed by atoms with Crippen LogP contribution in [0, 0.1) is 0 Å². The summed E-state index contributed by atoms with van der Waals surface area (Å²) in [5, 5.41) is 3.25. The molecule has 0 saturated heterocycles. The van der Waals surface area contributed by atoms with Gasteiger partial charge in [0.1, 0.15) is 0 Å². The van der Waals surface area contributed by atoms with Gasteiger partial charge in [-0.3, -0.25) is 0 Å². The molecule has 0 aromatic heterocycles. The first-order valence-corrected chi connectivity index (χ1v) is 8.14. The smallest absolute Gasteiger partial charge is 0.0504 e. The van der Waals surface area contributed by atoms with Crippen LogP contribution in [0.1, 0.15) is 17.2 Å². The second kappa shape index (κ2) is 7.62. The van der Waals surface area contributed by atoms with E-state index >= 15 is 0 Å². The Kier molecular flexibility index (Phi) is 5.09. The normalized spacial score (nSPS) is 12.7. The molecule has 2 nitrogen and oxygen atoms in total. The lowest BCUT2D eigenvalue weighted by molar-refractivity contribution is 0.903. The largest absolute Gasteiger partial charge is 0.388 e. The van der Waals surface area contributed by atoms with Gasteiger partial charge in [-0.05, 0) is 34.4 Å². The minimum Gasteiger partial charge on any atom is -0.388 e. The molecule has 0 radical (unpaired) electrons. The fraction of sp³-hybridized carbons (Fsp3) is 0.0909. The van der Waals surface area contributed by atoms with Gasteiger partial charge in [0.15, 0.2) is 0 Å². The number of benzene rings is 3. The second-order valence-electron chi connectivity index (χ2n) is 5.71. The number of rotatable bonds is 5. The molecule has 1 unspecified atom stereocenters. The Bertz CT molecular complexity index is 808. The summed E-state index contributed by atoms with van der Waals surface area (Å²) in [4.78, 5) is 0. The molecule has 0 aliphatic heterocycles. The van der Waals surface area contributed by atoms with Crippen LogP contribution in [0.15, 0.2) is 91.0 Å². The van der Waals surface area contributed by atoms with Crippen molar-refractivity contribution in [3.05, 3.63) is 102 Å². The lowest BCUT2D eigenvalue weighted by Crippen LogP contribution is -2.12. The van der Waals surface area contributed by atoms with Gasteiger partial charge in [-0.1, -0.05) is 78.9 Å². The average Bonchev–Trinajstić information content (AvgIpc) is 2.67. The van der Waals surface area contributed by atoms with E-state index in [1.807, 2.05) is 31.3 Å². The summed E-state index contributed by atoms with van der Waals surface area (Å²) in [6.07, 6.45) is 2.07. The molecule has 24 heavy (non-hydrogen) atoms. The van der Waals surface area contributed by atoms with Crippen molar-refractivity contribution in [3.63, 3.8) is 0 Å². The van der Waals surface area contributed by atoms with E-state index in [0.29, 0.717) is 0 Å². The molecule has 2 heteroatoms. The molecule has 0 bridgehead atoms. The Morgan fingerprint density at radius 3 is 2.12 bits per heavy atom. The van der Waals surface area contributed by atoms with Gasteiger partial charge in [0.05, 0.1) is 6.04 Å². The highest BCUT2D eigenvalue weighted by atomic mass is 14.8. The van der Waals surface area contributed by atoms with Gasteiger partial charge < -0.3 is 11.1 Å². The molecule has 0 aliphatic rings. The zero-order chi connectivity index (χ0) is 16.8. The number of nitrogens with one attached hydrogen (secondary N) is 1. The molecular weight excluding hydrogens is 292 g/mol. The molecular formula is C22H22N2. The van der Waals surface area contributed by atoms with Crippen LogP contribution in [-0.2, 0) is 0 Å². The molecule has 0 saturated carbocycles. The third-order valence-electron chi connectivity index (χ3n) is 4.08. The van der Waals surface area contributed by atoms with E-state index in [9.17, 15) is 0 Å². The summed E-state index contributed by atoms with van der Waals surface area (Å²) < 4.78 is 0. The van der Waals surface area contributed by atoms with E-state index in [-0.39, 0.29) is 6.04 Å². The topological polar surface area (TPSA) is 38.0 Å². The van der Waals surface area contributed by atoms with Gasteiger partial charge in [0, 0.05) is 12.7 Å². The lowest BCUT2D eigenvalue weighted by Gasteiger charge is -2.13. The SMILES string of the molecule is CN/C(=C\C(N)c1cccc(-c2ccccc2)c1)c1ccccc1. The molecule has 1 atom stereocenters. The zero-order valence-electron chi connectivity index (χ0n) is 13.8. The van der Waals surface area contributed by atoms with E-state index in [2.05, 4.69) is 72.1 Å². The van der Waals surface area contributed by atoms with Crippen LogP contribution in [-0.4, -0.2) is 7.05 Å². The molecule has 3 rings (SSSR count). The lowest BCUT2D eigenvalue weighted by atomic mass is 9.98. The zero-order valence-corrected chi connectivity index (χ0v) is 13.8. The maximum Gasteiger partial charge on any atom is 0.0504 e. The highest BCUT2D eigenvalue weighted by molar-refractivity contribution is 5.66. The van der Waals surface area contributed by atoms with Gasteiger partial charge in [-0.2, -0.15) is 0 Å². The molecule has 3 aromatic rings. The van der Waals surface area contributed by atoms with E-state index in [1.165, 1.54) is 11.1 Å². The molecule has 120 valence electrons.